The molecule has 0 radical (unpaired) electrons. The molecule has 2 heterocycles. The fourth-order valence-corrected chi connectivity index (χ4v) is 3.57. The van der Waals surface area contributed by atoms with Crippen LogP contribution in [0.15, 0.2) is 48.5 Å². The van der Waals surface area contributed by atoms with Crippen LogP contribution in [0, 0.1) is 11.7 Å². The van der Waals surface area contributed by atoms with Crippen LogP contribution in [0.4, 0.5) is 14.9 Å². The molecule has 2 aliphatic rings. The number of anilines is 1. The van der Waals surface area contributed by atoms with Gasteiger partial charge in [0.1, 0.15) is 5.82 Å². The molecule has 0 spiro atoms. The van der Waals surface area contributed by atoms with Crippen LogP contribution in [0.5, 0.6) is 11.5 Å². The standard InChI is InChI=1S/C23H24FN3O4/c24-18-3-5-19(6-4-18)26-23(29)27-11-9-17(10-12-27)14-25-22(28)8-2-16-1-7-20-21(13-16)31-15-30-20/h1-8,13,17H,9-12,14-15H2,(H,25,28)(H,26,29)/b8-2+. The first-order valence-electron chi connectivity index (χ1n) is 10.2. The second kappa shape index (κ2) is 9.51. The minimum Gasteiger partial charge on any atom is -0.454 e. The third-order valence-corrected chi connectivity index (χ3v) is 5.39. The van der Waals surface area contributed by atoms with Gasteiger partial charge >= 0.3 is 6.03 Å². The number of nitrogens with one attached hydrogen (secondary N) is 2. The molecule has 162 valence electrons. The van der Waals surface area contributed by atoms with E-state index in [0.717, 1.165) is 18.4 Å². The molecule has 1 fully saturated rings. The van der Waals surface area contributed by atoms with E-state index in [1.165, 1.54) is 30.3 Å². The van der Waals surface area contributed by atoms with Gasteiger partial charge in [-0.1, -0.05) is 6.07 Å². The molecule has 31 heavy (non-hydrogen) atoms. The van der Waals surface area contributed by atoms with Gasteiger partial charge in [0, 0.05) is 31.4 Å². The lowest BCUT2D eigenvalue weighted by atomic mass is 9.97. The van der Waals surface area contributed by atoms with E-state index in [0.29, 0.717) is 42.7 Å². The molecule has 2 N–H and O–H groups in total. The first-order valence-corrected chi connectivity index (χ1v) is 10.2. The minimum absolute atomic E-state index is 0.158. The number of nitrogens with zero attached hydrogens (tertiary/aromatic N) is 1. The lowest BCUT2D eigenvalue weighted by Crippen LogP contribution is -2.43. The highest BCUT2D eigenvalue weighted by atomic mass is 19.1. The molecule has 2 aromatic carbocycles. The molecule has 0 saturated carbocycles. The SMILES string of the molecule is O=C(/C=C/c1ccc2c(c1)OCO2)NCC1CCN(C(=O)Nc2ccc(F)cc2)CC1. The van der Waals surface area contributed by atoms with Crippen LogP contribution < -0.4 is 20.1 Å². The van der Waals surface area contributed by atoms with Crippen molar-refractivity contribution in [1.29, 1.82) is 0 Å². The fourth-order valence-electron chi connectivity index (χ4n) is 3.57. The Bertz CT molecular complexity index is 969. The van der Waals surface area contributed by atoms with E-state index >= 15 is 0 Å². The van der Waals surface area contributed by atoms with Gasteiger partial charge in [-0.15, -0.1) is 0 Å². The van der Waals surface area contributed by atoms with Crippen LogP contribution in [0.3, 0.4) is 0 Å². The van der Waals surface area contributed by atoms with Crippen LogP contribution >= 0.6 is 0 Å². The van der Waals surface area contributed by atoms with Crippen molar-refractivity contribution in [3.63, 3.8) is 0 Å². The average Bonchev–Trinajstić information content (AvgIpc) is 3.26. The zero-order chi connectivity index (χ0) is 21.6. The van der Waals surface area contributed by atoms with Crippen molar-refractivity contribution in [2.45, 2.75) is 12.8 Å². The summed E-state index contributed by atoms with van der Waals surface area (Å²) in [5.41, 5.74) is 1.43. The van der Waals surface area contributed by atoms with Crippen molar-refractivity contribution < 1.29 is 23.5 Å². The molecule has 3 amide bonds. The van der Waals surface area contributed by atoms with Gasteiger partial charge in [-0.3, -0.25) is 4.79 Å². The van der Waals surface area contributed by atoms with Crippen LogP contribution in [0.2, 0.25) is 0 Å². The number of halogens is 1. The second-order valence-electron chi connectivity index (χ2n) is 7.56. The lowest BCUT2D eigenvalue weighted by molar-refractivity contribution is -0.116. The summed E-state index contributed by atoms with van der Waals surface area (Å²) in [5.74, 6) is 1.20. The van der Waals surface area contributed by atoms with Crippen molar-refractivity contribution >= 4 is 23.7 Å². The van der Waals surface area contributed by atoms with Crippen LogP contribution in [0.1, 0.15) is 18.4 Å². The third kappa shape index (κ3) is 5.53. The molecule has 8 heteroatoms. The number of hydrogen-bond donors (Lipinski definition) is 2. The number of urea groups is 1. The number of benzene rings is 2. The Morgan fingerprint density at radius 3 is 2.58 bits per heavy atom. The summed E-state index contributed by atoms with van der Waals surface area (Å²) in [7, 11) is 0. The number of ether oxygens (including phenoxy) is 2. The predicted molar refractivity (Wildman–Crippen MR) is 114 cm³/mol. The zero-order valence-electron chi connectivity index (χ0n) is 17.0. The molecule has 1 saturated heterocycles. The summed E-state index contributed by atoms with van der Waals surface area (Å²) < 4.78 is 23.6. The Balaban J connectivity index is 1.18. The zero-order valence-corrected chi connectivity index (χ0v) is 17.0. The van der Waals surface area contributed by atoms with Gasteiger partial charge in [0.05, 0.1) is 0 Å². The van der Waals surface area contributed by atoms with E-state index < -0.39 is 0 Å². The molecule has 0 atom stereocenters. The Labute approximate surface area is 179 Å². The van der Waals surface area contributed by atoms with Gasteiger partial charge in [0.2, 0.25) is 12.7 Å². The number of carbonyl (C=O) groups is 2. The molecule has 0 aliphatic carbocycles. The first-order chi connectivity index (χ1) is 15.1. The number of rotatable bonds is 5. The van der Waals surface area contributed by atoms with Gasteiger partial charge in [-0.2, -0.15) is 0 Å². The summed E-state index contributed by atoms with van der Waals surface area (Å²) in [4.78, 5) is 26.2. The molecule has 2 aliphatic heterocycles. The maximum atomic E-state index is 13.0. The number of fused-ring (bicyclic) bond motifs is 1. The maximum Gasteiger partial charge on any atom is 0.321 e. The van der Waals surface area contributed by atoms with Crippen molar-refractivity contribution in [2.75, 3.05) is 31.7 Å². The highest BCUT2D eigenvalue weighted by Crippen LogP contribution is 2.32. The minimum atomic E-state index is -0.341. The number of amides is 3. The summed E-state index contributed by atoms with van der Waals surface area (Å²) in [5, 5.41) is 5.70. The first kappa shape index (κ1) is 20.7. The topological polar surface area (TPSA) is 79.9 Å². The molecule has 4 rings (SSSR count). The molecule has 0 aromatic heterocycles. The van der Waals surface area contributed by atoms with Crippen LogP contribution in [-0.4, -0.2) is 43.3 Å². The molecule has 2 aromatic rings. The van der Waals surface area contributed by atoms with Gasteiger partial charge < -0.3 is 25.0 Å². The second-order valence-corrected chi connectivity index (χ2v) is 7.56. The van der Waals surface area contributed by atoms with Gasteiger partial charge in [-0.25, -0.2) is 9.18 Å². The Kier molecular flexibility index (Phi) is 6.35. The summed E-state index contributed by atoms with van der Waals surface area (Å²) in [6.45, 7) is 2.01. The molecular formula is C23H24FN3O4. The lowest BCUT2D eigenvalue weighted by Gasteiger charge is -2.32. The van der Waals surface area contributed by atoms with Crippen molar-refractivity contribution in [1.82, 2.24) is 10.2 Å². The van der Waals surface area contributed by atoms with Crippen molar-refractivity contribution in [3.8, 4) is 11.5 Å². The van der Waals surface area contributed by atoms with Crippen molar-refractivity contribution in [2.24, 2.45) is 5.92 Å². The quantitative estimate of drug-likeness (QED) is 0.717. The monoisotopic (exact) mass is 425 g/mol. The number of hydrogen-bond acceptors (Lipinski definition) is 4. The Morgan fingerprint density at radius 2 is 1.81 bits per heavy atom. The van der Waals surface area contributed by atoms with Crippen molar-refractivity contribution in [3.05, 3.63) is 59.9 Å². The number of piperidine rings is 1. The summed E-state index contributed by atoms with van der Waals surface area (Å²) in [6, 6.07) is 11.0. The number of likely N-dealkylation sites (tertiary alicyclic amines) is 1. The normalized spacial score (nSPS) is 15.8. The van der Waals surface area contributed by atoms with E-state index in [1.54, 1.807) is 11.0 Å². The van der Waals surface area contributed by atoms with Gasteiger partial charge in [-0.05, 0) is 66.8 Å². The van der Waals surface area contributed by atoms with Gasteiger partial charge in [0.15, 0.2) is 11.5 Å². The highest BCUT2D eigenvalue weighted by molar-refractivity contribution is 5.92. The van der Waals surface area contributed by atoms with Crippen LogP contribution in [0.25, 0.3) is 6.08 Å². The number of carbonyl (C=O) groups excluding carboxylic acids is 2. The molecule has 7 nitrogen and oxygen atoms in total. The Hall–Kier alpha value is -3.55. The summed E-state index contributed by atoms with van der Waals surface area (Å²) >= 11 is 0. The van der Waals surface area contributed by atoms with Crippen LogP contribution in [-0.2, 0) is 4.79 Å². The maximum absolute atomic E-state index is 13.0. The fraction of sp³-hybridized carbons (Fsp3) is 0.304. The Morgan fingerprint density at radius 1 is 1.06 bits per heavy atom. The third-order valence-electron chi connectivity index (χ3n) is 5.39. The largest absolute Gasteiger partial charge is 0.454 e. The predicted octanol–water partition coefficient (Wildman–Crippen LogP) is 3.63. The highest BCUT2D eigenvalue weighted by Gasteiger charge is 2.23. The van der Waals surface area contributed by atoms with E-state index in [4.69, 9.17) is 9.47 Å². The van der Waals surface area contributed by atoms with E-state index in [9.17, 15) is 14.0 Å². The molecule has 0 bridgehead atoms. The summed E-state index contributed by atoms with van der Waals surface area (Å²) in [6.07, 6.45) is 4.86. The smallest absolute Gasteiger partial charge is 0.321 e. The van der Waals surface area contributed by atoms with Gasteiger partial charge in [0.25, 0.3) is 0 Å². The molecular weight excluding hydrogens is 401 g/mol. The van der Waals surface area contributed by atoms with E-state index in [1.807, 2.05) is 18.2 Å². The van der Waals surface area contributed by atoms with E-state index in [-0.39, 0.29) is 24.5 Å². The molecule has 0 unspecified atom stereocenters. The van der Waals surface area contributed by atoms with E-state index in [2.05, 4.69) is 10.6 Å². The average molecular weight is 425 g/mol.